The third-order valence-corrected chi connectivity index (χ3v) is 6.13. The van der Waals surface area contributed by atoms with E-state index in [0.717, 1.165) is 6.07 Å². The lowest BCUT2D eigenvalue weighted by Crippen LogP contribution is -2.55. The zero-order valence-electron chi connectivity index (χ0n) is 17.5. The van der Waals surface area contributed by atoms with Gasteiger partial charge in [-0.3, -0.25) is 0 Å². The molecule has 0 unspecified atom stereocenters. The van der Waals surface area contributed by atoms with Crippen LogP contribution in [0, 0.1) is 5.82 Å². The number of rotatable bonds is 5. The topological polar surface area (TPSA) is 52.6 Å². The van der Waals surface area contributed by atoms with Gasteiger partial charge in [0, 0.05) is 45.0 Å². The van der Waals surface area contributed by atoms with Gasteiger partial charge in [-0.2, -0.15) is 26.3 Å². The van der Waals surface area contributed by atoms with Gasteiger partial charge in [0.05, 0.1) is 12.5 Å². The molecule has 0 aliphatic carbocycles. The van der Waals surface area contributed by atoms with E-state index in [1.54, 1.807) is 12.1 Å². The SMILES string of the molecule is COC(c1cc(F)cc(Sc2ccc3c(-c4ccoc4)cc(=O)oc3c2)c1)(C(F)(F)F)C(F)(F)F. The van der Waals surface area contributed by atoms with Crippen LogP contribution in [-0.4, -0.2) is 19.5 Å². The smallest absolute Gasteiger partial charge is 0.430 e. The molecule has 4 rings (SSSR count). The van der Waals surface area contributed by atoms with E-state index >= 15 is 0 Å². The van der Waals surface area contributed by atoms with Gasteiger partial charge in [-0.15, -0.1) is 0 Å². The Bertz CT molecular complexity index is 1410. The highest BCUT2D eigenvalue weighted by molar-refractivity contribution is 7.99. The molecule has 0 aliphatic heterocycles. The van der Waals surface area contributed by atoms with Crippen molar-refractivity contribution in [2.75, 3.05) is 7.11 Å². The Balaban J connectivity index is 1.79. The van der Waals surface area contributed by atoms with Crippen LogP contribution in [0.1, 0.15) is 5.56 Å². The van der Waals surface area contributed by atoms with Crippen LogP contribution < -0.4 is 5.63 Å². The fourth-order valence-electron chi connectivity index (χ4n) is 3.66. The molecular formula is C23H13F7O4S. The van der Waals surface area contributed by atoms with Crippen molar-refractivity contribution < 1.29 is 44.3 Å². The first-order valence-electron chi connectivity index (χ1n) is 9.64. The maximum atomic E-state index is 14.2. The lowest BCUT2D eigenvalue weighted by Gasteiger charge is -2.36. The van der Waals surface area contributed by atoms with Crippen molar-refractivity contribution in [1.82, 2.24) is 0 Å². The molecular weight excluding hydrogens is 505 g/mol. The number of methoxy groups -OCH3 is 1. The molecule has 0 saturated heterocycles. The molecule has 2 heterocycles. The number of hydrogen-bond acceptors (Lipinski definition) is 5. The minimum atomic E-state index is -5.93. The second kappa shape index (κ2) is 8.76. The first-order chi connectivity index (χ1) is 16.4. The minimum Gasteiger partial charge on any atom is -0.472 e. The van der Waals surface area contributed by atoms with E-state index in [9.17, 15) is 35.5 Å². The molecule has 0 spiro atoms. The average molecular weight is 518 g/mol. The number of halogens is 7. The van der Waals surface area contributed by atoms with Crippen molar-refractivity contribution in [3.05, 3.63) is 82.9 Å². The summed E-state index contributed by atoms with van der Waals surface area (Å²) in [6.45, 7) is 0. The Morgan fingerprint density at radius 1 is 0.886 bits per heavy atom. The highest BCUT2D eigenvalue weighted by Gasteiger charge is 2.73. The van der Waals surface area contributed by atoms with E-state index < -0.39 is 35.0 Å². The second-order valence-corrected chi connectivity index (χ2v) is 8.45. The molecule has 0 amide bonds. The second-order valence-electron chi connectivity index (χ2n) is 7.31. The van der Waals surface area contributed by atoms with Crippen LogP contribution in [0.4, 0.5) is 30.7 Å². The molecule has 0 N–H and O–H groups in total. The van der Waals surface area contributed by atoms with Crippen LogP contribution in [0.3, 0.4) is 0 Å². The zero-order chi connectivity index (χ0) is 25.6. The Morgan fingerprint density at radius 2 is 1.60 bits per heavy atom. The predicted molar refractivity (Wildman–Crippen MR) is 112 cm³/mol. The molecule has 2 aromatic heterocycles. The molecule has 0 radical (unpaired) electrons. The highest BCUT2D eigenvalue weighted by atomic mass is 32.2. The van der Waals surface area contributed by atoms with Crippen LogP contribution in [0.2, 0.25) is 0 Å². The summed E-state index contributed by atoms with van der Waals surface area (Å²) in [4.78, 5) is 12.0. The van der Waals surface area contributed by atoms with E-state index in [0.29, 0.717) is 34.3 Å². The normalized spacial score (nSPS) is 12.9. The molecule has 35 heavy (non-hydrogen) atoms. The lowest BCUT2D eigenvalue weighted by atomic mass is 9.92. The fourth-order valence-corrected chi connectivity index (χ4v) is 4.59. The highest BCUT2D eigenvalue weighted by Crippen LogP contribution is 2.53. The van der Waals surface area contributed by atoms with Crippen LogP contribution in [0.5, 0.6) is 0 Å². The van der Waals surface area contributed by atoms with E-state index in [4.69, 9.17) is 8.83 Å². The standard InChI is InChI=1S/C23H13F7O4S/c1-32-21(22(25,26)27,23(28,29)30)13-6-14(24)8-16(7-13)35-15-2-3-17-18(12-4-5-33-11-12)10-20(31)34-19(17)9-15/h2-11H,1H3. The van der Waals surface area contributed by atoms with E-state index in [1.807, 2.05) is 0 Å². The molecule has 4 nitrogen and oxygen atoms in total. The Morgan fingerprint density at radius 3 is 2.20 bits per heavy atom. The van der Waals surface area contributed by atoms with Crippen LogP contribution in [0.25, 0.3) is 22.1 Å². The summed E-state index contributed by atoms with van der Waals surface area (Å²) in [6.07, 6.45) is -9.03. The Kier molecular flexibility index (Phi) is 6.22. The van der Waals surface area contributed by atoms with E-state index in [2.05, 4.69) is 4.74 Å². The molecule has 2 aromatic carbocycles. The average Bonchev–Trinajstić information content (AvgIpc) is 3.26. The molecule has 0 saturated carbocycles. The van der Waals surface area contributed by atoms with E-state index in [-0.39, 0.29) is 28.6 Å². The number of hydrogen-bond donors (Lipinski definition) is 0. The fraction of sp³-hybridized carbons (Fsp3) is 0.174. The molecule has 0 bridgehead atoms. The number of alkyl halides is 6. The first kappa shape index (κ1) is 24.9. The number of furan rings is 1. The molecule has 4 aromatic rings. The summed E-state index contributed by atoms with van der Waals surface area (Å²) in [7, 11) is 0.252. The largest absolute Gasteiger partial charge is 0.472 e. The van der Waals surface area contributed by atoms with Gasteiger partial charge < -0.3 is 13.6 Å². The van der Waals surface area contributed by atoms with Gasteiger partial charge in [-0.1, -0.05) is 11.8 Å². The van der Waals surface area contributed by atoms with Crippen molar-refractivity contribution in [3.63, 3.8) is 0 Å². The number of fused-ring (bicyclic) bond motifs is 1. The van der Waals surface area contributed by atoms with Gasteiger partial charge in [0.2, 0.25) is 0 Å². The lowest BCUT2D eigenvalue weighted by molar-refractivity contribution is -0.383. The predicted octanol–water partition coefficient (Wildman–Crippen LogP) is 7.31. The molecule has 184 valence electrons. The summed E-state index contributed by atoms with van der Waals surface area (Å²) >= 11 is 0.677. The molecule has 12 heteroatoms. The van der Waals surface area contributed by atoms with Gasteiger partial charge in [0.25, 0.3) is 5.60 Å². The van der Waals surface area contributed by atoms with Crippen molar-refractivity contribution in [2.24, 2.45) is 0 Å². The summed E-state index contributed by atoms with van der Waals surface area (Å²) in [5.41, 5.74) is -5.69. The van der Waals surface area contributed by atoms with Crippen LogP contribution >= 0.6 is 11.8 Å². The number of benzene rings is 2. The van der Waals surface area contributed by atoms with E-state index in [1.165, 1.54) is 30.7 Å². The zero-order valence-corrected chi connectivity index (χ0v) is 18.3. The third kappa shape index (κ3) is 4.43. The summed E-state index contributed by atoms with van der Waals surface area (Å²) in [5, 5.41) is 0.503. The van der Waals surface area contributed by atoms with Gasteiger partial charge in [0.15, 0.2) is 0 Å². The van der Waals surface area contributed by atoms with Crippen molar-refractivity contribution in [1.29, 1.82) is 0 Å². The molecule has 0 aliphatic rings. The van der Waals surface area contributed by atoms with Gasteiger partial charge in [0.1, 0.15) is 11.4 Å². The Labute approximate surface area is 196 Å². The van der Waals surface area contributed by atoms with Crippen molar-refractivity contribution >= 4 is 22.7 Å². The maximum absolute atomic E-state index is 14.2. The first-order valence-corrected chi connectivity index (χ1v) is 10.5. The summed E-state index contributed by atoms with van der Waals surface area (Å²) < 4.78 is 110. The van der Waals surface area contributed by atoms with Crippen LogP contribution in [0.15, 0.2) is 84.5 Å². The minimum absolute atomic E-state index is 0.104. The maximum Gasteiger partial charge on any atom is 0.430 e. The van der Waals surface area contributed by atoms with Gasteiger partial charge in [-0.05, 0) is 42.5 Å². The summed E-state index contributed by atoms with van der Waals surface area (Å²) in [6, 6.07) is 8.75. The monoisotopic (exact) mass is 518 g/mol. The van der Waals surface area contributed by atoms with Crippen molar-refractivity contribution in [2.45, 2.75) is 27.7 Å². The van der Waals surface area contributed by atoms with Gasteiger partial charge >= 0.3 is 18.0 Å². The number of ether oxygens (including phenoxy) is 1. The van der Waals surface area contributed by atoms with Crippen molar-refractivity contribution in [3.8, 4) is 11.1 Å². The Hall–Kier alpha value is -3.25. The molecule has 0 fully saturated rings. The van der Waals surface area contributed by atoms with Crippen LogP contribution in [-0.2, 0) is 10.3 Å². The quantitative estimate of drug-likeness (QED) is 0.205. The van der Waals surface area contributed by atoms with Gasteiger partial charge in [-0.25, -0.2) is 9.18 Å². The summed E-state index contributed by atoms with van der Waals surface area (Å²) in [5.74, 6) is -1.32. The third-order valence-electron chi connectivity index (χ3n) is 5.17. The molecule has 0 atom stereocenters.